The molecule has 3 unspecified atom stereocenters. The van der Waals surface area contributed by atoms with Crippen molar-refractivity contribution in [1.82, 2.24) is 0 Å². The molecule has 1 N–H and O–H groups in total. The van der Waals surface area contributed by atoms with E-state index in [2.05, 4.69) is 19.2 Å². The Labute approximate surface area is 118 Å². The van der Waals surface area contributed by atoms with Gasteiger partial charge >= 0.3 is 0 Å². The first kappa shape index (κ1) is 14.0. The fraction of sp³-hybridized carbons (Fsp3) is 0.571. The zero-order chi connectivity index (χ0) is 13.3. The highest BCUT2D eigenvalue weighted by atomic mass is 35.5. The van der Waals surface area contributed by atoms with E-state index in [1.165, 1.54) is 12.8 Å². The number of rotatable bonds is 2. The van der Waals surface area contributed by atoms with Crippen LogP contribution in [0, 0.1) is 17.7 Å². The molecule has 100 valence electrons. The highest BCUT2D eigenvalue weighted by Gasteiger charge is 2.25. The summed E-state index contributed by atoms with van der Waals surface area (Å²) < 4.78 is 13.3. The van der Waals surface area contributed by atoms with Gasteiger partial charge in [-0.05, 0) is 36.8 Å². The van der Waals surface area contributed by atoms with Crippen LogP contribution in [0.2, 0.25) is 10.0 Å². The molecule has 0 spiro atoms. The van der Waals surface area contributed by atoms with Crippen LogP contribution in [-0.4, -0.2) is 6.04 Å². The Bertz CT molecular complexity index is 413. The van der Waals surface area contributed by atoms with E-state index in [1.807, 2.05) is 0 Å². The Morgan fingerprint density at radius 3 is 2.39 bits per heavy atom. The zero-order valence-corrected chi connectivity index (χ0v) is 12.2. The van der Waals surface area contributed by atoms with E-state index in [9.17, 15) is 4.39 Å². The maximum absolute atomic E-state index is 13.3. The first-order chi connectivity index (χ1) is 8.47. The third-order valence-electron chi connectivity index (χ3n) is 3.79. The Morgan fingerprint density at radius 1 is 1.17 bits per heavy atom. The second kappa shape index (κ2) is 5.66. The lowest BCUT2D eigenvalue weighted by Gasteiger charge is -2.34. The summed E-state index contributed by atoms with van der Waals surface area (Å²) in [6.07, 6.45) is 3.64. The molecule has 0 bridgehead atoms. The Kier molecular flexibility index (Phi) is 4.39. The van der Waals surface area contributed by atoms with Crippen molar-refractivity contribution in [2.45, 2.75) is 39.2 Å². The van der Waals surface area contributed by atoms with Gasteiger partial charge in [0.05, 0.1) is 10.0 Å². The molecule has 0 aromatic heterocycles. The Balaban J connectivity index is 2.13. The maximum Gasteiger partial charge on any atom is 0.160 e. The molecule has 0 saturated heterocycles. The first-order valence-electron chi connectivity index (χ1n) is 6.38. The molecule has 18 heavy (non-hydrogen) atoms. The van der Waals surface area contributed by atoms with Gasteiger partial charge in [0, 0.05) is 11.7 Å². The van der Waals surface area contributed by atoms with Crippen LogP contribution in [0.15, 0.2) is 12.1 Å². The van der Waals surface area contributed by atoms with Crippen molar-refractivity contribution in [1.29, 1.82) is 0 Å². The Hall–Kier alpha value is -0.470. The topological polar surface area (TPSA) is 12.0 Å². The number of nitrogens with one attached hydrogen (secondary N) is 1. The fourth-order valence-corrected chi connectivity index (χ4v) is 3.07. The minimum atomic E-state index is -0.547. The number of anilines is 1. The van der Waals surface area contributed by atoms with Crippen LogP contribution >= 0.6 is 23.2 Å². The van der Waals surface area contributed by atoms with Gasteiger partial charge in [0.15, 0.2) is 5.82 Å². The molecule has 4 heteroatoms. The monoisotopic (exact) mass is 289 g/mol. The highest BCUT2D eigenvalue weighted by Crippen LogP contribution is 2.33. The van der Waals surface area contributed by atoms with Crippen molar-refractivity contribution < 1.29 is 4.39 Å². The van der Waals surface area contributed by atoms with Gasteiger partial charge < -0.3 is 5.32 Å². The lowest BCUT2D eigenvalue weighted by atomic mass is 9.80. The van der Waals surface area contributed by atoms with Gasteiger partial charge in [-0.15, -0.1) is 0 Å². The SMILES string of the molecule is CC1CCC(C)C(Nc2cc(Cl)c(F)c(Cl)c2)C1. The predicted octanol–water partition coefficient (Wildman–Crippen LogP) is 5.37. The molecule has 1 aromatic carbocycles. The van der Waals surface area contributed by atoms with Crippen molar-refractivity contribution in [3.05, 3.63) is 28.0 Å². The van der Waals surface area contributed by atoms with Crippen LogP contribution in [0.1, 0.15) is 33.1 Å². The molecule has 1 saturated carbocycles. The lowest BCUT2D eigenvalue weighted by Crippen LogP contribution is -2.33. The summed E-state index contributed by atoms with van der Waals surface area (Å²) in [5.41, 5.74) is 0.803. The predicted molar refractivity (Wildman–Crippen MR) is 76.0 cm³/mol. The van der Waals surface area contributed by atoms with Gasteiger partial charge in [0.1, 0.15) is 0 Å². The molecular formula is C14H18Cl2FN. The van der Waals surface area contributed by atoms with Crippen molar-refractivity contribution in [3.63, 3.8) is 0 Å². The number of hydrogen-bond acceptors (Lipinski definition) is 1. The van der Waals surface area contributed by atoms with E-state index in [0.717, 1.165) is 18.0 Å². The third kappa shape index (κ3) is 3.10. The third-order valence-corrected chi connectivity index (χ3v) is 4.34. The lowest BCUT2D eigenvalue weighted by molar-refractivity contribution is 0.280. The van der Waals surface area contributed by atoms with Crippen LogP contribution in [0.3, 0.4) is 0 Å². The van der Waals surface area contributed by atoms with E-state index in [-0.39, 0.29) is 10.0 Å². The molecule has 0 radical (unpaired) electrons. The zero-order valence-electron chi connectivity index (χ0n) is 10.6. The summed E-state index contributed by atoms with van der Waals surface area (Å²) in [5, 5.41) is 3.58. The van der Waals surface area contributed by atoms with Crippen LogP contribution in [0.25, 0.3) is 0 Å². The average Bonchev–Trinajstić information content (AvgIpc) is 2.31. The van der Waals surface area contributed by atoms with Crippen LogP contribution in [0.4, 0.5) is 10.1 Å². The molecule has 3 atom stereocenters. The molecule has 2 rings (SSSR count). The average molecular weight is 290 g/mol. The van der Waals surface area contributed by atoms with Gasteiger partial charge in [-0.2, -0.15) is 0 Å². The molecule has 0 aliphatic heterocycles. The van der Waals surface area contributed by atoms with E-state index < -0.39 is 5.82 Å². The van der Waals surface area contributed by atoms with Crippen LogP contribution < -0.4 is 5.32 Å². The van der Waals surface area contributed by atoms with Crippen molar-refractivity contribution in [2.75, 3.05) is 5.32 Å². The van der Waals surface area contributed by atoms with Crippen molar-refractivity contribution in [3.8, 4) is 0 Å². The summed E-state index contributed by atoms with van der Waals surface area (Å²) in [5.74, 6) is 0.794. The van der Waals surface area contributed by atoms with Gasteiger partial charge in [0.2, 0.25) is 0 Å². The summed E-state index contributed by atoms with van der Waals surface area (Å²) in [6, 6.07) is 3.62. The molecule has 1 aromatic rings. The molecule has 0 amide bonds. The molecule has 1 fully saturated rings. The standard InChI is InChI=1S/C14H18Cl2FN/c1-8-3-4-9(2)13(5-8)18-10-6-11(15)14(17)12(16)7-10/h6-9,13,18H,3-5H2,1-2H3. The molecule has 1 nitrogen and oxygen atoms in total. The summed E-state index contributed by atoms with van der Waals surface area (Å²) in [7, 11) is 0. The Morgan fingerprint density at radius 2 is 1.78 bits per heavy atom. The van der Waals surface area contributed by atoms with Crippen LogP contribution in [-0.2, 0) is 0 Å². The normalized spacial score (nSPS) is 28.2. The van der Waals surface area contributed by atoms with Gasteiger partial charge in [0.25, 0.3) is 0 Å². The van der Waals surface area contributed by atoms with E-state index in [4.69, 9.17) is 23.2 Å². The summed E-state index contributed by atoms with van der Waals surface area (Å²) >= 11 is 11.6. The number of halogens is 3. The second-order valence-corrected chi connectivity index (χ2v) is 6.21. The molecule has 0 heterocycles. The van der Waals surface area contributed by atoms with Gasteiger partial charge in [-0.1, -0.05) is 43.5 Å². The van der Waals surface area contributed by atoms with Crippen LogP contribution in [0.5, 0.6) is 0 Å². The fourth-order valence-electron chi connectivity index (χ4n) is 2.59. The van der Waals surface area contributed by atoms with E-state index in [0.29, 0.717) is 12.0 Å². The first-order valence-corrected chi connectivity index (χ1v) is 7.14. The van der Waals surface area contributed by atoms with Gasteiger partial charge in [-0.25, -0.2) is 4.39 Å². The van der Waals surface area contributed by atoms with Crippen molar-refractivity contribution in [2.24, 2.45) is 11.8 Å². The van der Waals surface area contributed by atoms with Crippen molar-refractivity contribution >= 4 is 28.9 Å². The second-order valence-electron chi connectivity index (χ2n) is 5.40. The summed E-state index contributed by atoms with van der Waals surface area (Å²) in [6.45, 7) is 4.52. The summed E-state index contributed by atoms with van der Waals surface area (Å²) in [4.78, 5) is 0. The molecule has 1 aliphatic rings. The minimum Gasteiger partial charge on any atom is -0.382 e. The maximum atomic E-state index is 13.3. The molecular weight excluding hydrogens is 272 g/mol. The smallest absolute Gasteiger partial charge is 0.160 e. The molecule has 1 aliphatic carbocycles. The van der Waals surface area contributed by atoms with Gasteiger partial charge in [-0.3, -0.25) is 0 Å². The highest BCUT2D eigenvalue weighted by molar-refractivity contribution is 6.35. The minimum absolute atomic E-state index is 0.0708. The van der Waals surface area contributed by atoms with E-state index in [1.54, 1.807) is 12.1 Å². The quantitative estimate of drug-likeness (QED) is 0.722. The largest absolute Gasteiger partial charge is 0.382 e. The number of hydrogen-bond donors (Lipinski definition) is 1. The number of benzene rings is 1. The van der Waals surface area contributed by atoms with E-state index >= 15 is 0 Å².